The fourth-order valence-corrected chi connectivity index (χ4v) is 3.94. The number of amides is 2. The van der Waals surface area contributed by atoms with E-state index in [-0.39, 0.29) is 17.7 Å². The topological polar surface area (TPSA) is 78.1 Å². The van der Waals surface area contributed by atoms with E-state index in [4.69, 9.17) is 0 Å². The molecular weight excluding hydrogens is 304 g/mol. The van der Waals surface area contributed by atoms with Crippen molar-refractivity contribution in [3.63, 3.8) is 0 Å². The molecule has 0 radical (unpaired) electrons. The first-order valence-electron chi connectivity index (χ1n) is 9.10. The van der Waals surface area contributed by atoms with E-state index < -0.39 is 0 Å². The predicted octanol–water partition coefficient (Wildman–Crippen LogP) is 3.04. The second-order valence-corrected chi connectivity index (χ2v) is 7.54. The maximum atomic E-state index is 12.1. The SMILES string of the molecule is CC(=O)N(C1CCCC1)C1CC(c2cc(NC(=O)C(C)C)n[nH]2)C1. The molecule has 2 aliphatic rings. The van der Waals surface area contributed by atoms with Gasteiger partial charge >= 0.3 is 0 Å². The van der Waals surface area contributed by atoms with E-state index in [2.05, 4.69) is 20.4 Å². The molecule has 1 heterocycles. The number of hydrogen-bond donors (Lipinski definition) is 2. The Morgan fingerprint density at radius 1 is 1.25 bits per heavy atom. The molecule has 0 unspecified atom stereocenters. The summed E-state index contributed by atoms with van der Waals surface area (Å²) in [5, 5.41) is 10.0. The zero-order chi connectivity index (χ0) is 17.3. The molecule has 2 aliphatic carbocycles. The normalized spacial score (nSPS) is 24.0. The molecule has 0 spiro atoms. The second-order valence-electron chi connectivity index (χ2n) is 7.54. The first-order chi connectivity index (χ1) is 11.5. The summed E-state index contributed by atoms with van der Waals surface area (Å²) >= 11 is 0. The molecule has 2 saturated carbocycles. The minimum Gasteiger partial charge on any atom is -0.337 e. The van der Waals surface area contributed by atoms with E-state index >= 15 is 0 Å². The van der Waals surface area contributed by atoms with Gasteiger partial charge in [-0.25, -0.2) is 0 Å². The Kier molecular flexibility index (Phi) is 4.92. The van der Waals surface area contributed by atoms with Crippen LogP contribution in [0, 0.1) is 5.92 Å². The van der Waals surface area contributed by atoms with Gasteiger partial charge in [0.2, 0.25) is 11.8 Å². The van der Waals surface area contributed by atoms with Crippen molar-refractivity contribution in [1.82, 2.24) is 15.1 Å². The van der Waals surface area contributed by atoms with Crippen LogP contribution in [0.3, 0.4) is 0 Å². The Bertz CT molecular complexity index is 598. The van der Waals surface area contributed by atoms with Crippen LogP contribution in [0.2, 0.25) is 0 Å². The average molecular weight is 332 g/mol. The Balaban J connectivity index is 1.57. The molecule has 2 fully saturated rings. The monoisotopic (exact) mass is 332 g/mol. The summed E-state index contributed by atoms with van der Waals surface area (Å²) in [6.07, 6.45) is 6.74. The lowest BCUT2D eigenvalue weighted by Crippen LogP contribution is -2.50. The predicted molar refractivity (Wildman–Crippen MR) is 92.6 cm³/mol. The molecule has 0 saturated heterocycles. The zero-order valence-electron chi connectivity index (χ0n) is 14.8. The maximum Gasteiger partial charge on any atom is 0.228 e. The van der Waals surface area contributed by atoms with E-state index in [1.54, 1.807) is 6.92 Å². The molecule has 132 valence electrons. The van der Waals surface area contributed by atoms with Crippen molar-refractivity contribution >= 4 is 17.6 Å². The van der Waals surface area contributed by atoms with E-state index in [1.165, 1.54) is 12.8 Å². The van der Waals surface area contributed by atoms with E-state index in [0.717, 1.165) is 31.4 Å². The van der Waals surface area contributed by atoms with Crippen LogP contribution in [0.1, 0.15) is 70.9 Å². The number of carbonyl (C=O) groups is 2. The summed E-state index contributed by atoms with van der Waals surface area (Å²) in [7, 11) is 0. The molecule has 3 rings (SSSR count). The number of anilines is 1. The second kappa shape index (κ2) is 6.95. The summed E-state index contributed by atoms with van der Waals surface area (Å²) < 4.78 is 0. The van der Waals surface area contributed by atoms with Gasteiger partial charge in [-0.1, -0.05) is 26.7 Å². The van der Waals surface area contributed by atoms with Gasteiger partial charge in [-0.15, -0.1) is 0 Å². The summed E-state index contributed by atoms with van der Waals surface area (Å²) in [4.78, 5) is 25.9. The molecule has 0 atom stereocenters. The Hall–Kier alpha value is -1.85. The highest BCUT2D eigenvalue weighted by Crippen LogP contribution is 2.42. The third kappa shape index (κ3) is 3.47. The Labute approximate surface area is 143 Å². The maximum absolute atomic E-state index is 12.1. The van der Waals surface area contributed by atoms with Crippen molar-refractivity contribution in [1.29, 1.82) is 0 Å². The quantitative estimate of drug-likeness (QED) is 0.870. The Morgan fingerprint density at radius 2 is 1.92 bits per heavy atom. The zero-order valence-corrected chi connectivity index (χ0v) is 14.8. The van der Waals surface area contributed by atoms with E-state index in [9.17, 15) is 9.59 Å². The van der Waals surface area contributed by atoms with Gasteiger partial charge in [-0.2, -0.15) is 5.10 Å². The van der Waals surface area contributed by atoms with Crippen LogP contribution >= 0.6 is 0 Å². The van der Waals surface area contributed by atoms with Gasteiger partial charge in [0.05, 0.1) is 0 Å². The van der Waals surface area contributed by atoms with Crippen molar-refractivity contribution in [2.75, 3.05) is 5.32 Å². The highest BCUT2D eigenvalue weighted by molar-refractivity contribution is 5.91. The van der Waals surface area contributed by atoms with Crippen LogP contribution in [0.5, 0.6) is 0 Å². The number of H-pyrrole nitrogens is 1. The van der Waals surface area contributed by atoms with Crippen molar-refractivity contribution in [3.8, 4) is 0 Å². The fourth-order valence-electron chi connectivity index (χ4n) is 3.94. The minimum absolute atomic E-state index is 0.0245. The highest BCUT2D eigenvalue weighted by Gasteiger charge is 2.40. The highest BCUT2D eigenvalue weighted by atomic mass is 16.2. The van der Waals surface area contributed by atoms with Gasteiger partial charge in [0.25, 0.3) is 0 Å². The lowest BCUT2D eigenvalue weighted by Gasteiger charge is -2.45. The van der Waals surface area contributed by atoms with Crippen LogP contribution in [0.25, 0.3) is 0 Å². The van der Waals surface area contributed by atoms with Crippen molar-refractivity contribution in [3.05, 3.63) is 11.8 Å². The summed E-state index contributed by atoms with van der Waals surface area (Å²) in [5.41, 5.74) is 1.06. The minimum atomic E-state index is -0.0613. The molecule has 0 aromatic carbocycles. The summed E-state index contributed by atoms with van der Waals surface area (Å²) in [6, 6.07) is 2.72. The first-order valence-corrected chi connectivity index (χ1v) is 9.10. The van der Waals surface area contributed by atoms with Gasteiger partial charge < -0.3 is 10.2 Å². The number of aromatic nitrogens is 2. The molecule has 0 bridgehead atoms. The average Bonchev–Trinajstić information content (AvgIpc) is 3.13. The smallest absolute Gasteiger partial charge is 0.228 e. The number of nitrogens with zero attached hydrogens (tertiary/aromatic N) is 2. The van der Waals surface area contributed by atoms with Crippen LogP contribution < -0.4 is 5.32 Å². The van der Waals surface area contributed by atoms with E-state index in [1.807, 2.05) is 19.9 Å². The molecule has 6 heteroatoms. The lowest BCUT2D eigenvalue weighted by atomic mass is 9.76. The van der Waals surface area contributed by atoms with Gasteiger partial charge in [0.1, 0.15) is 0 Å². The molecule has 1 aromatic rings. The summed E-state index contributed by atoms with van der Waals surface area (Å²) in [6.45, 7) is 5.42. The molecule has 2 N–H and O–H groups in total. The largest absolute Gasteiger partial charge is 0.337 e. The van der Waals surface area contributed by atoms with Crippen LogP contribution in [-0.2, 0) is 9.59 Å². The van der Waals surface area contributed by atoms with Crippen molar-refractivity contribution in [2.45, 2.75) is 77.3 Å². The lowest BCUT2D eigenvalue weighted by molar-refractivity contribution is -0.136. The molecule has 0 aliphatic heterocycles. The van der Waals surface area contributed by atoms with Gasteiger partial charge in [0, 0.05) is 42.6 Å². The number of nitrogens with one attached hydrogen (secondary N) is 2. The van der Waals surface area contributed by atoms with Crippen LogP contribution in [0.15, 0.2) is 6.07 Å². The van der Waals surface area contributed by atoms with Crippen molar-refractivity contribution < 1.29 is 9.59 Å². The van der Waals surface area contributed by atoms with Crippen molar-refractivity contribution in [2.24, 2.45) is 5.92 Å². The van der Waals surface area contributed by atoms with E-state index in [0.29, 0.717) is 23.8 Å². The van der Waals surface area contributed by atoms with Gasteiger partial charge in [-0.05, 0) is 25.7 Å². The first kappa shape index (κ1) is 17.0. The number of hydrogen-bond acceptors (Lipinski definition) is 3. The van der Waals surface area contributed by atoms with Gasteiger partial charge in [-0.3, -0.25) is 14.7 Å². The van der Waals surface area contributed by atoms with Crippen LogP contribution in [0.4, 0.5) is 5.82 Å². The molecule has 1 aromatic heterocycles. The number of aromatic amines is 1. The number of carbonyl (C=O) groups excluding carboxylic acids is 2. The fraction of sp³-hybridized carbons (Fsp3) is 0.722. The standard InChI is InChI=1S/C18H28N4O2/c1-11(2)18(24)19-17-10-16(20-21-17)13-8-15(9-13)22(12(3)23)14-6-4-5-7-14/h10-11,13-15H,4-9H2,1-3H3,(H2,19,20,21,24). The molecular formula is C18H28N4O2. The third-order valence-electron chi connectivity index (χ3n) is 5.40. The molecule has 6 nitrogen and oxygen atoms in total. The van der Waals surface area contributed by atoms with Crippen LogP contribution in [-0.4, -0.2) is 39.0 Å². The molecule has 24 heavy (non-hydrogen) atoms. The molecule has 2 amide bonds. The number of rotatable bonds is 5. The Morgan fingerprint density at radius 3 is 2.50 bits per heavy atom. The third-order valence-corrected chi connectivity index (χ3v) is 5.40. The van der Waals surface area contributed by atoms with Gasteiger partial charge in [0.15, 0.2) is 5.82 Å². The summed E-state index contributed by atoms with van der Waals surface area (Å²) in [5.74, 6) is 1.11.